The summed E-state index contributed by atoms with van der Waals surface area (Å²) >= 11 is 0. The lowest BCUT2D eigenvalue weighted by atomic mass is 10.1. The summed E-state index contributed by atoms with van der Waals surface area (Å²) < 4.78 is 5.45. The van der Waals surface area contributed by atoms with Gasteiger partial charge in [0.1, 0.15) is 5.75 Å². The van der Waals surface area contributed by atoms with Crippen LogP contribution < -0.4 is 10.1 Å². The van der Waals surface area contributed by atoms with Crippen LogP contribution in [0.3, 0.4) is 0 Å². The van der Waals surface area contributed by atoms with E-state index in [-0.39, 0.29) is 11.9 Å². The summed E-state index contributed by atoms with van der Waals surface area (Å²) in [6.07, 6.45) is 2.67. The van der Waals surface area contributed by atoms with Gasteiger partial charge in [0, 0.05) is 23.9 Å². The molecule has 1 aliphatic rings. The van der Waals surface area contributed by atoms with E-state index in [9.17, 15) is 4.79 Å². The molecule has 0 radical (unpaired) electrons. The van der Waals surface area contributed by atoms with Gasteiger partial charge in [-0.3, -0.25) is 9.78 Å². The number of carbonyl (C=O) groups is 1. The Bertz CT molecular complexity index is 665. The minimum atomic E-state index is -0.0740. The lowest BCUT2D eigenvalue weighted by molar-refractivity contribution is 0.0940. The van der Waals surface area contributed by atoms with Gasteiger partial charge in [-0.1, -0.05) is 6.07 Å². The number of pyridine rings is 1. The quantitative estimate of drug-likeness (QED) is 0.941. The van der Waals surface area contributed by atoms with Gasteiger partial charge in [-0.05, 0) is 49.2 Å². The number of hydrogen-bond acceptors (Lipinski definition) is 3. The topological polar surface area (TPSA) is 51.2 Å². The third-order valence-electron chi connectivity index (χ3n) is 3.73. The number of aromatic nitrogens is 1. The van der Waals surface area contributed by atoms with Gasteiger partial charge in [-0.25, -0.2) is 0 Å². The molecule has 1 atom stereocenters. The van der Waals surface area contributed by atoms with Crippen LogP contribution in [0.4, 0.5) is 0 Å². The molecule has 3 rings (SSSR count). The second-order valence-electron chi connectivity index (χ2n) is 5.35. The predicted octanol–water partition coefficient (Wildman–Crippen LogP) is 2.82. The lowest BCUT2D eigenvalue weighted by Gasteiger charge is -2.14. The van der Waals surface area contributed by atoms with Gasteiger partial charge in [0.2, 0.25) is 0 Å². The maximum absolute atomic E-state index is 12.3. The first-order chi connectivity index (χ1) is 10.1. The van der Waals surface area contributed by atoms with Gasteiger partial charge in [0.15, 0.2) is 0 Å². The van der Waals surface area contributed by atoms with Gasteiger partial charge in [-0.15, -0.1) is 0 Å². The molecule has 0 fully saturated rings. The molecular weight excluding hydrogens is 264 g/mol. The Kier molecular flexibility index (Phi) is 3.60. The summed E-state index contributed by atoms with van der Waals surface area (Å²) in [4.78, 5) is 16.6. The molecule has 1 amide bonds. The van der Waals surface area contributed by atoms with Crippen molar-refractivity contribution in [3.63, 3.8) is 0 Å². The molecule has 1 aromatic heterocycles. The Morgan fingerprint density at radius 1 is 1.33 bits per heavy atom. The fourth-order valence-electron chi connectivity index (χ4n) is 2.43. The highest BCUT2D eigenvalue weighted by molar-refractivity contribution is 5.94. The van der Waals surface area contributed by atoms with Crippen molar-refractivity contribution < 1.29 is 9.53 Å². The predicted molar refractivity (Wildman–Crippen MR) is 80.5 cm³/mol. The standard InChI is InChI=1S/C17H18N2O2/c1-11-3-4-15(10-18-11)12(2)19-17(20)14-5-6-16-13(9-14)7-8-21-16/h3-6,9-10,12H,7-8H2,1-2H3,(H,19,20)/t12-/m1/s1. The molecule has 0 saturated heterocycles. The first kappa shape index (κ1) is 13.6. The Morgan fingerprint density at radius 2 is 2.19 bits per heavy atom. The molecule has 0 saturated carbocycles. The third kappa shape index (κ3) is 2.89. The van der Waals surface area contributed by atoms with Crippen LogP contribution in [0, 0.1) is 6.92 Å². The minimum absolute atomic E-state index is 0.0715. The molecule has 108 valence electrons. The van der Waals surface area contributed by atoms with E-state index in [1.54, 1.807) is 12.3 Å². The monoisotopic (exact) mass is 282 g/mol. The Labute approximate surface area is 124 Å². The Morgan fingerprint density at radius 3 is 2.95 bits per heavy atom. The van der Waals surface area contributed by atoms with Gasteiger partial charge in [-0.2, -0.15) is 0 Å². The summed E-state index contributed by atoms with van der Waals surface area (Å²) in [5, 5.41) is 3.00. The molecule has 1 N–H and O–H groups in total. The zero-order valence-corrected chi connectivity index (χ0v) is 12.2. The van der Waals surface area contributed by atoms with Crippen LogP contribution in [0.5, 0.6) is 5.75 Å². The summed E-state index contributed by atoms with van der Waals surface area (Å²) in [7, 11) is 0. The van der Waals surface area contributed by atoms with Crippen molar-refractivity contribution in [2.45, 2.75) is 26.3 Å². The fourth-order valence-corrected chi connectivity index (χ4v) is 2.43. The van der Waals surface area contributed by atoms with Crippen molar-refractivity contribution in [1.29, 1.82) is 0 Å². The van der Waals surface area contributed by atoms with Crippen LogP contribution in [-0.2, 0) is 6.42 Å². The molecule has 4 nitrogen and oxygen atoms in total. The molecule has 0 bridgehead atoms. The zero-order chi connectivity index (χ0) is 14.8. The molecule has 0 aliphatic carbocycles. The van der Waals surface area contributed by atoms with E-state index in [2.05, 4.69) is 10.3 Å². The van der Waals surface area contributed by atoms with Gasteiger partial charge < -0.3 is 10.1 Å². The third-order valence-corrected chi connectivity index (χ3v) is 3.73. The molecule has 4 heteroatoms. The maximum atomic E-state index is 12.3. The van der Waals surface area contributed by atoms with Crippen LogP contribution >= 0.6 is 0 Å². The molecule has 0 spiro atoms. The van der Waals surface area contributed by atoms with Gasteiger partial charge in [0.25, 0.3) is 5.91 Å². The smallest absolute Gasteiger partial charge is 0.251 e. The number of aryl methyl sites for hydroxylation is 1. The van der Waals surface area contributed by atoms with E-state index in [4.69, 9.17) is 4.74 Å². The molecule has 21 heavy (non-hydrogen) atoms. The van der Waals surface area contributed by atoms with E-state index in [1.165, 1.54) is 0 Å². The average molecular weight is 282 g/mol. The largest absolute Gasteiger partial charge is 0.493 e. The first-order valence-electron chi connectivity index (χ1n) is 7.12. The summed E-state index contributed by atoms with van der Waals surface area (Å²) in [5.41, 5.74) is 3.74. The second-order valence-corrected chi connectivity index (χ2v) is 5.35. The van der Waals surface area contributed by atoms with E-state index in [0.717, 1.165) is 29.0 Å². The fraction of sp³-hybridized carbons (Fsp3) is 0.294. The molecule has 1 aliphatic heterocycles. The number of amides is 1. The number of ether oxygens (including phenoxy) is 1. The number of hydrogen-bond donors (Lipinski definition) is 1. The highest BCUT2D eigenvalue weighted by Crippen LogP contribution is 2.26. The van der Waals surface area contributed by atoms with Crippen LogP contribution in [0.2, 0.25) is 0 Å². The van der Waals surface area contributed by atoms with Crippen LogP contribution in [-0.4, -0.2) is 17.5 Å². The van der Waals surface area contributed by atoms with Gasteiger partial charge >= 0.3 is 0 Å². The summed E-state index contributed by atoms with van der Waals surface area (Å²) in [6.45, 7) is 4.60. The van der Waals surface area contributed by atoms with Crippen molar-refractivity contribution in [2.75, 3.05) is 6.61 Å². The van der Waals surface area contributed by atoms with E-state index >= 15 is 0 Å². The van der Waals surface area contributed by atoms with E-state index < -0.39 is 0 Å². The molecule has 0 unspecified atom stereocenters. The molecule has 2 heterocycles. The zero-order valence-electron chi connectivity index (χ0n) is 12.2. The van der Waals surface area contributed by atoms with Crippen molar-refractivity contribution in [1.82, 2.24) is 10.3 Å². The molecule has 2 aromatic rings. The van der Waals surface area contributed by atoms with Crippen LogP contribution in [0.1, 0.15) is 40.1 Å². The lowest BCUT2D eigenvalue weighted by Crippen LogP contribution is -2.26. The van der Waals surface area contributed by atoms with Gasteiger partial charge in [0.05, 0.1) is 12.6 Å². The Hall–Kier alpha value is -2.36. The van der Waals surface area contributed by atoms with Crippen LogP contribution in [0.15, 0.2) is 36.5 Å². The number of nitrogens with zero attached hydrogens (tertiary/aromatic N) is 1. The van der Waals surface area contributed by atoms with Crippen molar-refractivity contribution in [2.24, 2.45) is 0 Å². The second kappa shape index (κ2) is 5.56. The number of fused-ring (bicyclic) bond motifs is 1. The van der Waals surface area contributed by atoms with E-state index in [1.807, 2.05) is 38.1 Å². The maximum Gasteiger partial charge on any atom is 0.251 e. The Balaban J connectivity index is 1.72. The number of carbonyl (C=O) groups excluding carboxylic acids is 1. The summed E-state index contributed by atoms with van der Waals surface area (Å²) in [6, 6.07) is 9.46. The molecular formula is C17H18N2O2. The summed E-state index contributed by atoms with van der Waals surface area (Å²) in [5.74, 6) is 0.820. The van der Waals surface area contributed by atoms with Crippen molar-refractivity contribution in [3.8, 4) is 5.75 Å². The van der Waals surface area contributed by atoms with Crippen molar-refractivity contribution in [3.05, 3.63) is 58.9 Å². The highest BCUT2D eigenvalue weighted by Gasteiger charge is 2.16. The number of benzene rings is 1. The van der Waals surface area contributed by atoms with E-state index in [0.29, 0.717) is 12.2 Å². The average Bonchev–Trinajstić information content (AvgIpc) is 2.95. The first-order valence-corrected chi connectivity index (χ1v) is 7.12. The minimum Gasteiger partial charge on any atom is -0.493 e. The number of rotatable bonds is 3. The number of nitrogens with one attached hydrogen (secondary N) is 1. The SMILES string of the molecule is Cc1ccc([C@@H](C)NC(=O)c2ccc3c(c2)CCO3)cn1. The highest BCUT2D eigenvalue weighted by atomic mass is 16.5. The molecule has 1 aromatic carbocycles. The van der Waals surface area contributed by atoms with Crippen molar-refractivity contribution >= 4 is 5.91 Å². The normalized spacial score (nSPS) is 14.2. The van der Waals surface area contributed by atoms with Crippen LogP contribution in [0.25, 0.3) is 0 Å².